The van der Waals surface area contributed by atoms with Crippen LogP contribution in [-0.4, -0.2) is 18.9 Å². The molecule has 2 aromatic carbocycles. The molecule has 1 aromatic heterocycles. The van der Waals surface area contributed by atoms with Gasteiger partial charge in [-0.3, -0.25) is 14.4 Å². The SMILES string of the molecule is COc1coc(C(=O)Nc2ccccc2C(=O)NCc2ccccc2)cc1=O. The fourth-order valence-corrected chi connectivity index (χ4v) is 2.51. The van der Waals surface area contributed by atoms with Gasteiger partial charge in [-0.2, -0.15) is 0 Å². The van der Waals surface area contributed by atoms with Crippen LogP contribution in [-0.2, 0) is 6.54 Å². The summed E-state index contributed by atoms with van der Waals surface area (Å²) in [4.78, 5) is 36.7. The van der Waals surface area contributed by atoms with Crippen LogP contribution in [0.3, 0.4) is 0 Å². The maximum atomic E-state index is 12.5. The zero-order valence-electron chi connectivity index (χ0n) is 15.1. The van der Waals surface area contributed by atoms with Gasteiger partial charge in [-0.25, -0.2) is 0 Å². The highest BCUT2D eigenvalue weighted by Crippen LogP contribution is 2.17. The fourth-order valence-electron chi connectivity index (χ4n) is 2.51. The van der Waals surface area contributed by atoms with Crippen LogP contribution < -0.4 is 20.8 Å². The lowest BCUT2D eigenvalue weighted by Crippen LogP contribution is -2.25. The molecule has 2 amide bonds. The second-order valence-electron chi connectivity index (χ2n) is 5.84. The van der Waals surface area contributed by atoms with Crippen LogP contribution in [0.4, 0.5) is 5.69 Å². The van der Waals surface area contributed by atoms with Gasteiger partial charge in [-0.1, -0.05) is 42.5 Å². The third kappa shape index (κ3) is 4.45. The molecule has 0 aliphatic rings. The van der Waals surface area contributed by atoms with Gasteiger partial charge in [-0.05, 0) is 17.7 Å². The smallest absolute Gasteiger partial charge is 0.291 e. The molecule has 3 aromatic rings. The van der Waals surface area contributed by atoms with Crippen molar-refractivity contribution in [2.75, 3.05) is 12.4 Å². The first-order valence-corrected chi connectivity index (χ1v) is 8.48. The molecule has 0 unspecified atom stereocenters. The minimum absolute atomic E-state index is 0.00256. The molecule has 2 N–H and O–H groups in total. The van der Waals surface area contributed by atoms with E-state index >= 15 is 0 Å². The van der Waals surface area contributed by atoms with E-state index in [1.807, 2.05) is 30.3 Å². The first-order chi connectivity index (χ1) is 13.6. The van der Waals surface area contributed by atoms with Gasteiger partial charge in [0.15, 0.2) is 5.76 Å². The van der Waals surface area contributed by atoms with Gasteiger partial charge < -0.3 is 19.8 Å². The van der Waals surface area contributed by atoms with Gasteiger partial charge in [-0.15, -0.1) is 0 Å². The Morgan fingerprint density at radius 2 is 1.71 bits per heavy atom. The van der Waals surface area contributed by atoms with Gasteiger partial charge in [0.25, 0.3) is 11.8 Å². The minimum Gasteiger partial charge on any atom is -0.490 e. The predicted molar refractivity (Wildman–Crippen MR) is 104 cm³/mol. The number of methoxy groups -OCH3 is 1. The van der Waals surface area contributed by atoms with E-state index in [2.05, 4.69) is 10.6 Å². The number of carbonyl (C=O) groups excluding carboxylic acids is 2. The lowest BCUT2D eigenvalue weighted by molar-refractivity contribution is 0.0952. The summed E-state index contributed by atoms with van der Waals surface area (Å²) in [5.41, 5.74) is 1.07. The lowest BCUT2D eigenvalue weighted by Gasteiger charge is -2.11. The molecule has 0 bridgehead atoms. The fraction of sp³-hybridized carbons (Fsp3) is 0.0952. The van der Waals surface area contributed by atoms with Gasteiger partial charge >= 0.3 is 0 Å². The van der Waals surface area contributed by atoms with Crippen LogP contribution >= 0.6 is 0 Å². The van der Waals surface area contributed by atoms with E-state index in [-0.39, 0.29) is 17.4 Å². The molecule has 0 saturated heterocycles. The molecule has 7 nitrogen and oxygen atoms in total. The summed E-state index contributed by atoms with van der Waals surface area (Å²) in [5.74, 6) is -1.18. The Morgan fingerprint density at radius 3 is 2.43 bits per heavy atom. The van der Waals surface area contributed by atoms with Crippen LogP contribution in [0.15, 0.2) is 76.1 Å². The summed E-state index contributed by atoms with van der Waals surface area (Å²) in [6, 6.07) is 17.1. The summed E-state index contributed by atoms with van der Waals surface area (Å²) < 4.78 is 9.95. The molecule has 0 fully saturated rings. The number of carbonyl (C=O) groups is 2. The van der Waals surface area contributed by atoms with Crippen molar-refractivity contribution in [1.29, 1.82) is 0 Å². The molecule has 1 heterocycles. The van der Waals surface area contributed by atoms with Crippen molar-refractivity contribution in [3.05, 3.63) is 94.0 Å². The number of rotatable bonds is 6. The van der Waals surface area contributed by atoms with Gasteiger partial charge in [0.2, 0.25) is 11.2 Å². The molecule has 7 heteroatoms. The highest BCUT2D eigenvalue weighted by Gasteiger charge is 2.16. The van der Waals surface area contributed by atoms with Crippen molar-refractivity contribution < 1.29 is 18.7 Å². The average molecular weight is 378 g/mol. The first-order valence-electron chi connectivity index (χ1n) is 8.48. The van der Waals surface area contributed by atoms with E-state index in [0.29, 0.717) is 17.8 Å². The predicted octanol–water partition coefficient (Wildman–Crippen LogP) is 2.83. The van der Waals surface area contributed by atoms with Crippen molar-refractivity contribution in [3.8, 4) is 5.75 Å². The normalized spacial score (nSPS) is 10.2. The van der Waals surface area contributed by atoms with Crippen LogP contribution in [0.5, 0.6) is 5.75 Å². The lowest BCUT2D eigenvalue weighted by atomic mass is 10.1. The molecular formula is C21H18N2O5. The maximum absolute atomic E-state index is 12.5. The number of para-hydroxylation sites is 1. The molecule has 142 valence electrons. The van der Waals surface area contributed by atoms with E-state index in [1.54, 1.807) is 24.3 Å². The Hall–Kier alpha value is -3.87. The Labute approximate surface area is 161 Å². The Kier molecular flexibility index (Phi) is 5.86. The molecular weight excluding hydrogens is 360 g/mol. The minimum atomic E-state index is -0.650. The summed E-state index contributed by atoms with van der Waals surface area (Å²) in [7, 11) is 1.33. The van der Waals surface area contributed by atoms with Crippen LogP contribution in [0.2, 0.25) is 0 Å². The molecule has 0 aliphatic carbocycles. The van der Waals surface area contributed by atoms with Gasteiger partial charge in [0.05, 0.1) is 18.4 Å². The summed E-state index contributed by atoms with van der Waals surface area (Å²) in [6.07, 6.45) is 1.07. The zero-order chi connectivity index (χ0) is 19.9. The molecule has 0 radical (unpaired) electrons. The number of anilines is 1. The second kappa shape index (κ2) is 8.68. The van der Waals surface area contributed by atoms with Gasteiger partial charge in [0, 0.05) is 12.6 Å². The average Bonchev–Trinajstić information content (AvgIpc) is 2.73. The topological polar surface area (TPSA) is 97.6 Å². The van der Waals surface area contributed by atoms with E-state index in [9.17, 15) is 14.4 Å². The number of nitrogens with one attached hydrogen (secondary N) is 2. The van der Waals surface area contributed by atoms with E-state index in [4.69, 9.17) is 9.15 Å². The van der Waals surface area contributed by atoms with Crippen LogP contribution in [0.1, 0.15) is 26.5 Å². The molecule has 28 heavy (non-hydrogen) atoms. The Morgan fingerprint density at radius 1 is 1.00 bits per heavy atom. The van der Waals surface area contributed by atoms with Crippen molar-refractivity contribution in [1.82, 2.24) is 5.32 Å². The number of amides is 2. The number of benzene rings is 2. The quantitative estimate of drug-likeness (QED) is 0.687. The monoisotopic (exact) mass is 378 g/mol. The molecule has 0 aliphatic heterocycles. The van der Waals surface area contributed by atoms with E-state index in [1.165, 1.54) is 7.11 Å². The van der Waals surface area contributed by atoms with Crippen LogP contribution in [0, 0.1) is 0 Å². The molecule has 0 atom stereocenters. The highest BCUT2D eigenvalue weighted by molar-refractivity contribution is 6.07. The van der Waals surface area contributed by atoms with E-state index < -0.39 is 11.3 Å². The van der Waals surface area contributed by atoms with Crippen molar-refractivity contribution in [2.45, 2.75) is 6.54 Å². The summed E-state index contributed by atoms with van der Waals surface area (Å²) in [6.45, 7) is 0.356. The van der Waals surface area contributed by atoms with Crippen molar-refractivity contribution in [3.63, 3.8) is 0 Å². The number of ether oxygens (including phenoxy) is 1. The second-order valence-corrected chi connectivity index (χ2v) is 5.84. The maximum Gasteiger partial charge on any atom is 0.291 e. The Balaban J connectivity index is 1.74. The molecule has 3 rings (SSSR count). The third-order valence-corrected chi connectivity index (χ3v) is 3.96. The molecule has 0 saturated carbocycles. The third-order valence-electron chi connectivity index (χ3n) is 3.96. The van der Waals surface area contributed by atoms with Gasteiger partial charge in [0.1, 0.15) is 6.26 Å². The number of hydrogen-bond donors (Lipinski definition) is 2. The summed E-state index contributed by atoms with van der Waals surface area (Å²) >= 11 is 0. The van der Waals surface area contributed by atoms with Crippen LogP contribution in [0.25, 0.3) is 0 Å². The summed E-state index contributed by atoms with van der Waals surface area (Å²) in [5, 5.41) is 5.41. The number of hydrogen-bond acceptors (Lipinski definition) is 5. The van der Waals surface area contributed by atoms with Crippen molar-refractivity contribution in [2.24, 2.45) is 0 Å². The Bertz CT molecular complexity index is 1040. The largest absolute Gasteiger partial charge is 0.490 e. The highest BCUT2D eigenvalue weighted by atomic mass is 16.5. The first kappa shape index (κ1) is 18.9. The van der Waals surface area contributed by atoms with Crippen molar-refractivity contribution >= 4 is 17.5 Å². The molecule has 0 spiro atoms. The zero-order valence-corrected chi connectivity index (χ0v) is 15.1. The van der Waals surface area contributed by atoms with E-state index in [0.717, 1.165) is 17.9 Å². The standard InChI is InChI=1S/C21H18N2O5/c1-27-19-13-28-18(11-17(19)24)21(26)23-16-10-6-5-9-15(16)20(25)22-12-14-7-3-2-4-8-14/h2-11,13H,12H2,1H3,(H,22,25)(H,23,26).